The van der Waals surface area contributed by atoms with Gasteiger partial charge in [-0.15, -0.1) is 0 Å². The first-order valence-electron chi connectivity index (χ1n) is 7.24. The summed E-state index contributed by atoms with van der Waals surface area (Å²) >= 11 is 0. The first kappa shape index (κ1) is 13.4. The monoisotopic (exact) mass is 250 g/mol. The van der Waals surface area contributed by atoms with Crippen LogP contribution in [0.1, 0.15) is 46.1 Å². The Bertz CT molecular complexity index is 358. The van der Waals surface area contributed by atoms with Gasteiger partial charge in [-0.1, -0.05) is 6.92 Å². The molecule has 0 amide bonds. The molecule has 4 nitrogen and oxygen atoms in total. The molecule has 1 aromatic heterocycles. The van der Waals surface area contributed by atoms with E-state index in [4.69, 9.17) is 0 Å². The molecule has 1 aliphatic rings. The summed E-state index contributed by atoms with van der Waals surface area (Å²) in [4.78, 5) is 2.41. The molecule has 0 radical (unpaired) electrons. The third kappa shape index (κ3) is 3.25. The van der Waals surface area contributed by atoms with Crippen molar-refractivity contribution < 1.29 is 0 Å². The highest BCUT2D eigenvalue weighted by Gasteiger charge is 2.21. The average molecular weight is 250 g/mol. The SMILES string of the molecule is CCCNC1CCCN(c2ccn(C(C)C)n2)C1. The van der Waals surface area contributed by atoms with Crippen molar-refractivity contribution in [3.05, 3.63) is 12.3 Å². The van der Waals surface area contributed by atoms with Crippen LogP contribution in [0.4, 0.5) is 5.82 Å². The zero-order chi connectivity index (χ0) is 13.0. The lowest BCUT2D eigenvalue weighted by molar-refractivity contribution is 0.420. The lowest BCUT2D eigenvalue weighted by atomic mass is 10.1. The van der Waals surface area contributed by atoms with Crippen LogP contribution >= 0.6 is 0 Å². The van der Waals surface area contributed by atoms with Crippen molar-refractivity contribution in [2.75, 3.05) is 24.5 Å². The van der Waals surface area contributed by atoms with Gasteiger partial charge in [-0.05, 0) is 39.7 Å². The molecule has 102 valence electrons. The van der Waals surface area contributed by atoms with Gasteiger partial charge in [0.2, 0.25) is 0 Å². The number of piperidine rings is 1. The van der Waals surface area contributed by atoms with E-state index in [1.54, 1.807) is 0 Å². The Hall–Kier alpha value is -1.03. The van der Waals surface area contributed by atoms with Crippen LogP contribution in [0.3, 0.4) is 0 Å². The maximum atomic E-state index is 4.66. The molecule has 1 aliphatic heterocycles. The van der Waals surface area contributed by atoms with Crippen molar-refractivity contribution in [3.8, 4) is 0 Å². The molecule has 2 rings (SSSR count). The summed E-state index contributed by atoms with van der Waals surface area (Å²) in [7, 11) is 0. The molecule has 1 aromatic rings. The minimum Gasteiger partial charge on any atom is -0.354 e. The molecular formula is C14H26N4. The molecule has 0 bridgehead atoms. The Morgan fingerprint density at radius 1 is 1.50 bits per heavy atom. The van der Waals surface area contributed by atoms with Gasteiger partial charge in [0.05, 0.1) is 0 Å². The molecular weight excluding hydrogens is 224 g/mol. The molecule has 1 atom stereocenters. The molecule has 1 unspecified atom stereocenters. The van der Waals surface area contributed by atoms with Crippen LogP contribution in [-0.2, 0) is 0 Å². The van der Waals surface area contributed by atoms with Gasteiger partial charge in [0.15, 0.2) is 5.82 Å². The van der Waals surface area contributed by atoms with E-state index in [9.17, 15) is 0 Å². The number of anilines is 1. The number of aromatic nitrogens is 2. The first-order chi connectivity index (χ1) is 8.70. The lowest BCUT2D eigenvalue weighted by Crippen LogP contribution is -2.46. The zero-order valence-electron chi connectivity index (χ0n) is 11.9. The second-order valence-corrected chi connectivity index (χ2v) is 5.49. The van der Waals surface area contributed by atoms with Gasteiger partial charge in [0.1, 0.15) is 0 Å². The summed E-state index contributed by atoms with van der Waals surface area (Å²) in [5.41, 5.74) is 0. The maximum absolute atomic E-state index is 4.66. The van der Waals surface area contributed by atoms with E-state index < -0.39 is 0 Å². The van der Waals surface area contributed by atoms with Gasteiger partial charge in [-0.2, -0.15) is 5.10 Å². The summed E-state index contributed by atoms with van der Waals surface area (Å²) in [6, 6.07) is 3.21. The topological polar surface area (TPSA) is 33.1 Å². The zero-order valence-corrected chi connectivity index (χ0v) is 11.9. The Labute approximate surface area is 110 Å². The van der Waals surface area contributed by atoms with Crippen LogP contribution in [0.5, 0.6) is 0 Å². The summed E-state index contributed by atoms with van der Waals surface area (Å²) in [5.74, 6) is 1.13. The van der Waals surface area contributed by atoms with Gasteiger partial charge < -0.3 is 10.2 Å². The number of nitrogens with one attached hydrogen (secondary N) is 1. The largest absolute Gasteiger partial charge is 0.354 e. The highest BCUT2D eigenvalue weighted by atomic mass is 15.4. The Morgan fingerprint density at radius 3 is 3.00 bits per heavy atom. The first-order valence-corrected chi connectivity index (χ1v) is 7.24. The van der Waals surface area contributed by atoms with Crippen molar-refractivity contribution in [3.63, 3.8) is 0 Å². The summed E-state index contributed by atoms with van der Waals surface area (Å²) in [5, 5.41) is 8.29. The second kappa shape index (κ2) is 6.23. The molecule has 0 saturated carbocycles. The third-order valence-electron chi connectivity index (χ3n) is 3.55. The minimum absolute atomic E-state index is 0.442. The summed E-state index contributed by atoms with van der Waals surface area (Å²) in [6.07, 6.45) is 5.85. The standard InChI is InChI=1S/C14H26N4/c1-4-8-15-13-6-5-9-17(11-13)14-7-10-18(16-14)12(2)3/h7,10,12-13,15H,4-6,8-9,11H2,1-3H3. The van der Waals surface area contributed by atoms with E-state index in [0.717, 1.165) is 25.5 Å². The van der Waals surface area contributed by atoms with Gasteiger partial charge in [0.25, 0.3) is 0 Å². The highest BCUT2D eigenvalue weighted by Crippen LogP contribution is 2.19. The van der Waals surface area contributed by atoms with Crippen LogP contribution < -0.4 is 10.2 Å². The molecule has 4 heteroatoms. The molecule has 1 N–H and O–H groups in total. The number of hydrogen-bond donors (Lipinski definition) is 1. The normalized spacial score (nSPS) is 20.7. The average Bonchev–Trinajstić information content (AvgIpc) is 2.86. The van der Waals surface area contributed by atoms with E-state index in [1.165, 1.54) is 19.3 Å². The second-order valence-electron chi connectivity index (χ2n) is 5.49. The molecule has 2 heterocycles. The van der Waals surface area contributed by atoms with Gasteiger partial charge >= 0.3 is 0 Å². The lowest BCUT2D eigenvalue weighted by Gasteiger charge is -2.33. The van der Waals surface area contributed by atoms with Crippen LogP contribution in [0.2, 0.25) is 0 Å². The molecule has 1 fully saturated rings. The van der Waals surface area contributed by atoms with Crippen LogP contribution in [0.25, 0.3) is 0 Å². The molecule has 18 heavy (non-hydrogen) atoms. The van der Waals surface area contributed by atoms with Gasteiger partial charge in [0, 0.05) is 37.4 Å². The van der Waals surface area contributed by atoms with E-state index in [2.05, 4.69) is 48.3 Å². The fraction of sp³-hybridized carbons (Fsp3) is 0.786. The van der Waals surface area contributed by atoms with Gasteiger partial charge in [-0.25, -0.2) is 0 Å². The highest BCUT2D eigenvalue weighted by molar-refractivity contribution is 5.37. The van der Waals surface area contributed by atoms with E-state index >= 15 is 0 Å². The smallest absolute Gasteiger partial charge is 0.150 e. The van der Waals surface area contributed by atoms with Crippen molar-refractivity contribution in [2.24, 2.45) is 0 Å². The predicted octanol–water partition coefficient (Wildman–Crippen LogP) is 2.43. The molecule has 0 spiro atoms. The Balaban J connectivity index is 1.94. The Morgan fingerprint density at radius 2 is 2.33 bits per heavy atom. The maximum Gasteiger partial charge on any atom is 0.150 e. The minimum atomic E-state index is 0.442. The summed E-state index contributed by atoms with van der Waals surface area (Å²) in [6.45, 7) is 9.91. The molecule has 0 aromatic carbocycles. The van der Waals surface area contributed by atoms with Crippen LogP contribution in [0, 0.1) is 0 Å². The predicted molar refractivity (Wildman–Crippen MR) is 76.1 cm³/mol. The van der Waals surface area contributed by atoms with E-state index in [-0.39, 0.29) is 0 Å². The number of rotatable bonds is 5. The molecule has 1 saturated heterocycles. The summed E-state index contributed by atoms with van der Waals surface area (Å²) < 4.78 is 2.04. The quantitative estimate of drug-likeness (QED) is 0.871. The van der Waals surface area contributed by atoms with Crippen molar-refractivity contribution in [1.29, 1.82) is 0 Å². The molecule has 0 aliphatic carbocycles. The van der Waals surface area contributed by atoms with E-state index in [1.807, 2.05) is 4.68 Å². The third-order valence-corrected chi connectivity index (χ3v) is 3.55. The number of nitrogens with zero attached hydrogens (tertiary/aromatic N) is 3. The van der Waals surface area contributed by atoms with Crippen LogP contribution in [0.15, 0.2) is 12.3 Å². The van der Waals surface area contributed by atoms with Crippen molar-refractivity contribution in [2.45, 2.75) is 52.1 Å². The fourth-order valence-electron chi connectivity index (χ4n) is 2.48. The van der Waals surface area contributed by atoms with Gasteiger partial charge in [-0.3, -0.25) is 4.68 Å². The van der Waals surface area contributed by atoms with Crippen molar-refractivity contribution >= 4 is 5.82 Å². The van der Waals surface area contributed by atoms with Crippen LogP contribution in [-0.4, -0.2) is 35.5 Å². The van der Waals surface area contributed by atoms with E-state index in [0.29, 0.717) is 12.1 Å². The number of hydrogen-bond acceptors (Lipinski definition) is 3. The Kier molecular flexibility index (Phi) is 4.64. The van der Waals surface area contributed by atoms with Crippen molar-refractivity contribution in [1.82, 2.24) is 15.1 Å². The fourth-order valence-corrected chi connectivity index (χ4v) is 2.48.